The summed E-state index contributed by atoms with van der Waals surface area (Å²) in [5.74, 6) is 0.487. The van der Waals surface area contributed by atoms with Crippen molar-refractivity contribution in [3.63, 3.8) is 0 Å². The average molecular weight is 337 g/mol. The molecule has 0 atom stereocenters. The number of pyridine rings is 1. The number of nitrogens with one attached hydrogen (secondary N) is 1. The molecule has 120 valence electrons. The zero-order chi connectivity index (χ0) is 17.3. The second-order valence-corrected chi connectivity index (χ2v) is 6.38. The highest BCUT2D eigenvalue weighted by atomic mass is 35.5. The van der Waals surface area contributed by atoms with Gasteiger partial charge in [0.1, 0.15) is 5.15 Å². The molecule has 1 aromatic heterocycles. The molecule has 0 bridgehead atoms. The third-order valence-electron chi connectivity index (χ3n) is 4.20. The lowest BCUT2D eigenvalue weighted by Gasteiger charge is -2.13. The number of allylic oxidation sites excluding steroid dienone is 1. The van der Waals surface area contributed by atoms with Gasteiger partial charge in [-0.2, -0.15) is 5.26 Å². The van der Waals surface area contributed by atoms with Crippen LogP contribution in [0.5, 0.6) is 0 Å². The van der Waals surface area contributed by atoms with E-state index in [-0.39, 0.29) is 0 Å². The van der Waals surface area contributed by atoms with E-state index in [9.17, 15) is 5.26 Å². The first-order valence-electron chi connectivity index (χ1n) is 7.72. The van der Waals surface area contributed by atoms with Gasteiger partial charge in [-0.15, -0.1) is 0 Å². The van der Waals surface area contributed by atoms with E-state index in [0.29, 0.717) is 27.9 Å². The second kappa shape index (κ2) is 6.46. The Bertz CT molecular complexity index is 889. The summed E-state index contributed by atoms with van der Waals surface area (Å²) in [6.07, 6.45) is 3.50. The molecule has 0 radical (unpaired) electrons. The normalized spacial score (nSPS) is 14.7. The third-order valence-corrected chi connectivity index (χ3v) is 4.39. The van der Waals surface area contributed by atoms with E-state index in [1.807, 2.05) is 18.2 Å². The predicted octanol–water partition coefficient (Wildman–Crippen LogP) is 4.49. The molecule has 0 aliphatic heterocycles. The van der Waals surface area contributed by atoms with Crippen LogP contribution in [-0.2, 0) is 0 Å². The average Bonchev–Trinajstić information content (AvgIpc) is 3.44. The van der Waals surface area contributed by atoms with Gasteiger partial charge in [0.05, 0.1) is 11.6 Å². The first-order chi connectivity index (χ1) is 11.5. The summed E-state index contributed by atoms with van der Waals surface area (Å²) in [6, 6.07) is 11.4. The minimum atomic E-state index is 0.455. The molecule has 0 saturated heterocycles. The Balaban J connectivity index is 2.21. The second-order valence-electron chi connectivity index (χ2n) is 5.99. The van der Waals surface area contributed by atoms with Crippen molar-refractivity contribution in [1.29, 1.82) is 10.7 Å². The van der Waals surface area contributed by atoms with Crippen LogP contribution in [-0.4, -0.2) is 11.2 Å². The topological polar surface area (TPSA) is 86.5 Å². The fraction of sp³-hybridized carbons (Fsp3) is 0.211. The number of benzene rings is 1. The molecule has 1 saturated carbocycles. The number of nitrogens with zero attached hydrogens (tertiary/aromatic N) is 2. The number of halogens is 1. The van der Waals surface area contributed by atoms with Crippen LogP contribution in [0.15, 0.2) is 35.9 Å². The van der Waals surface area contributed by atoms with Gasteiger partial charge in [-0.1, -0.05) is 17.7 Å². The molecular formula is C19H17ClN4. The van der Waals surface area contributed by atoms with Crippen LogP contribution in [0.1, 0.15) is 42.5 Å². The molecule has 2 aromatic rings. The van der Waals surface area contributed by atoms with E-state index in [0.717, 1.165) is 35.2 Å². The summed E-state index contributed by atoms with van der Waals surface area (Å²) in [6.45, 7) is 1.78. The number of rotatable bonds is 4. The monoisotopic (exact) mass is 336 g/mol. The van der Waals surface area contributed by atoms with Crippen molar-refractivity contribution in [3.8, 4) is 17.2 Å². The van der Waals surface area contributed by atoms with Gasteiger partial charge in [0, 0.05) is 29.1 Å². The SMILES string of the molecule is C/C(C=N)=C(/N)c1cc(C#N)ccc1-c1cc(Cl)nc(C2CC2)c1. The van der Waals surface area contributed by atoms with Gasteiger partial charge >= 0.3 is 0 Å². The Morgan fingerprint density at radius 2 is 2.12 bits per heavy atom. The van der Waals surface area contributed by atoms with E-state index in [4.69, 9.17) is 22.7 Å². The van der Waals surface area contributed by atoms with Gasteiger partial charge in [0.2, 0.25) is 0 Å². The van der Waals surface area contributed by atoms with Crippen molar-refractivity contribution in [2.75, 3.05) is 0 Å². The first-order valence-corrected chi connectivity index (χ1v) is 8.10. The quantitative estimate of drug-likeness (QED) is 0.637. The smallest absolute Gasteiger partial charge is 0.129 e. The molecule has 1 aromatic carbocycles. The van der Waals surface area contributed by atoms with Crippen LogP contribution in [0.2, 0.25) is 5.15 Å². The molecule has 1 heterocycles. The highest BCUT2D eigenvalue weighted by molar-refractivity contribution is 6.29. The Morgan fingerprint density at radius 3 is 2.75 bits per heavy atom. The van der Waals surface area contributed by atoms with Crippen LogP contribution < -0.4 is 5.73 Å². The van der Waals surface area contributed by atoms with Crippen LogP contribution in [0.3, 0.4) is 0 Å². The van der Waals surface area contributed by atoms with Gasteiger partial charge in [-0.25, -0.2) is 4.98 Å². The minimum Gasteiger partial charge on any atom is -0.398 e. The zero-order valence-electron chi connectivity index (χ0n) is 13.3. The lowest BCUT2D eigenvalue weighted by molar-refractivity contribution is 1.02. The molecule has 3 rings (SSSR count). The van der Waals surface area contributed by atoms with Crippen LogP contribution in [0.25, 0.3) is 16.8 Å². The highest BCUT2D eigenvalue weighted by Gasteiger charge is 2.26. The maximum atomic E-state index is 9.19. The fourth-order valence-electron chi connectivity index (χ4n) is 2.64. The van der Waals surface area contributed by atoms with E-state index in [1.165, 1.54) is 6.21 Å². The first kappa shape index (κ1) is 16.2. The fourth-order valence-corrected chi connectivity index (χ4v) is 2.85. The molecule has 1 aliphatic rings. The third kappa shape index (κ3) is 3.17. The molecule has 1 aliphatic carbocycles. The predicted molar refractivity (Wildman–Crippen MR) is 96.9 cm³/mol. The molecule has 4 nitrogen and oxygen atoms in total. The standard InChI is InChI=1S/C19H17ClN4/c1-11(9-21)19(23)16-6-12(10-22)2-5-15(16)14-7-17(13-3-4-13)24-18(20)8-14/h2,5-9,13,21H,3-4,23H2,1H3/b19-11-,21-9?. The summed E-state index contributed by atoms with van der Waals surface area (Å²) >= 11 is 6.21. The summed E-state index contributed by atoms with van der Waals surface area (Å²) < 4.78 is 0. The van der Waals surface area contributed by atoms with Crippen molar-refractivity contribution in [1.82, 2.24) is 4.98 Å². The number of hydrogen-bond acceptors (Lipinski definition) is 4. The van der Waals surface area contributed by atoms with Gasteiger partial charge < -0.3 is 11.1 Å². The van der Waals surface area contributed by atoms with Crippen LogP contribution >= 0.6 is 11.6 Å². The van der Waals surface area contributed by atoms with Gasteiger partial charge in [0.25, 0.3) is 0 Å². The molecule has 24 heavy (non-hydrogen) atoms. The van der Waals surface area contributed by atoms with Crippen molar-refractivity contribution in [2.45, 2.75) is 25.7 Å². The van der Waals surface area contributed by atoms with Crippen LogP contribution in [0.4, 0.5) is 0 Å². The molecule has 0 amide bonds. The number of nitriles is 1. The van der Waals surface area contributed by atoms with Crippen molar-refractivity contribution in [3.05, 3.63) is 57.9 Å². The van der Waals surface area contributed by atoms with E-state index >= 15 is 0 Å². The van der Waals surface area contributed by atoms with Crippen molar-refractivity contribution >= 4 is 23.5 Å². The highest BCUT2D eigenvalue weighted by Crippen LogP contribution is 2.41. The van der Waals surface area contributed by atoms with Crippen LogP contribution in [0, 0.1) is 16.7 Å². The summed E-state index contributed by atoms with van der Waals surface area (Å²) in [4.78, 5) is 4.41. The maximum absolute atomic E-state index is 9.19. The maximum Gasteiger partial charge on any atom is 0.129 e. The Labute approximate surface area is 146 Å². The van der Waals surface area contributed by atoms with Gasteiger partial charge in [0.15, 0.2) is 0 Å². The summed E-state index contributed by atoms with van der Waals surface area (Å²) in [5, 5.41) is 17.1. The Morgan fingerprint density at radius 1 is 1.38 bits per heavy atom. The lowest BCUT2D eigenvalue weighted by Crippen LogP contribution is -2.04. The summed E-state index contributed by atoms with van der Waals surface area (Å²) in [7, 11) is 0. The molecule has 0 unspecified atom stereocenters. The molecule has 5 heteroatoms. The summed E-state index contributed by atoms with van der Waals surface area (Å²) in [5.41, 5.74) is 11.4. The van der Waals surface area contributed by atoms with Gasteiger partial charge in [-0.05, 0) is 60.7 Å². The molecular weight excluding hydrogens is 320 g/mol. The number of aromatic nitrogens is 1. The molecule has 3 N–H and O–H groups in total. The number of hydrogen-bond donors (Lipinski definition) is 2. The van der Waals surface area contributed by atoms with Crippen molar-refractivity contribution < 1.29 is 0 Å². The Kier molecular flexibility index (Phi) is 4.37. The molecule has 1 fully saturated rings. The minimum absolute atomic E-state index is 0.455. The number of nitrogens with two attached hydrogens (primary N) is 1. The molecule has 0 spiro atoms. The van der Waals surface area contributed by atoms with E-state index < -0.39 is 0 Å². The lowest BCUT2D eigenvalue weighted by atomic mass is 9.94. The Hall–Kier alpha value is -2.64. The van der Waals surface area contributed by atoms with E-state index in [1.54, 1.807) is 19.1 Å². The van der Waals surface area contributed by atoms with Crippen molar-refractivity contribution in [2.24, 2.45) is 5.73 Å². The largest absolute Gasteiger partial charge is 0.398 e. The van der Waals surface area contributed by atoms with Gasteiger partial charge in [-0.3, -0.25) is 0 Å². The zero-order valence-corrected chi connectivity index (χ0v) is 14.1. The van der Waals surface area contributed by atoms with E-state index in [2.05, 4.69) is 11.1 Å².